The van der Waals surface area contributed by atoms with E-state index in [0.29, 0.717) is 23.8 Å². The number of anilines is 1. The summed E-state index contributed by atoms with van der Waals surface area (Å²) in [7, 11) is 0. The lowest BCUT2D eigenvalue weighted by Gasteiger charge is -2.16. The zero-order valence-electron chi connectivity index (χ0n) is 8.90. The van der Waals surface area contributed by atoms with Crippen LogP contribution >= 0.6 is 24.4 Å². The third-order valence-electron chi connectivity index (χ3n) is 2.01. The Kier molecular flexibility index (Phi) is 4.92. The Morgan fingerprint density at radius 2 is 2.31 bits per heavy atom. The molecule has 16 heavy (non-hydrogen) atoms. The van der Waals surface area contributed by atoms with Crippen molar-refractivity contribution in [1.82, 2.24) is 4.31 Å². The van der Waals surface area contributed by atoms with Gasteiger partial charge in [-0.1, -0.05) is 24.4 Å². The lowest BCUT2D eigenvalue weighted by Crippen LogP contribution is -2.31. The first kappa shape index (κ1) is 13.2. The number of hydrogen-bond acceptors (Lipinski definition) is 3. The largest absolute Gasteiger partial charge is 0.331 e. The van der Waals surface area contributed by atoms with Crippen molar-refractivity contribution in [2.24, 2.45) is 5.73 Å². The van der Waals surface area contributed by atoms with Crippen molar-refractivity contribution in [3.63, 3.8) is 0 Å². The molecule has 0 aliphatic heterocycles. The molecule has 0 aromatic heterocycles. The molecule has 1 rings (SSSR count). The van der Waals surface area contributed by atoms with E-state index in [1.165, 1.54) is 4.31 Å². The molecular formula is C10H14ClN3OS. The number of nitrogens with two attached hydrogens (primary N) is 1. The van der Waals surface area contributed by atoms with E-state index in [4.69, 9.17) is 17.3 Å². The Morgan fingerprint density at radius 1 is 1.62 bits per heavy atom. The number of thiol groups is 1. The van der Waals surface area contributed by atoms with Crippen molar-refractivity contribution >= 4 is 36.1 Å². The lowest BCUT2D eigenvalue weighted by molar-refractivity contribution is 0.239. The Hall–Kier alpha value is -0.910. The van der Waals surface area contributed by atoms with E-state index in [2.05, 4.69) is 18.1 Å². The fourth-order valence-corrected chi connectivity index (χ4v) is 1.56. The Balaban J connectivity index is 2.69. The van der Waals surface area contributed by atoms with Crippen molar-refractivity contribution in [3.8, 4) is 0 Å². The minimum Gasteiger partial charge on any atom is -0.329 e. The molecule has 0 fully saturated rings. The van der Waals surface area contributed by atoms with Gasteiger partial charge in [-0.2, -0.15) is 0 Å². The van der Waals surface area contributed by atoms with E-state index in [-0.39, 0.29) is 6.03 Å². The van der Waals surface area contributed by atoms with Gasteiger partial charge in [0.05, 0.1) is 0 Å². The minimum absolute atomic E-state index is 0.306. The molecule has 6 heteroatoms. The molecule has 2 amide bonds. The SMILES string of the molecule is Cc1cc(Cl)ccc1NC(=O)N(S)CCN. The molecule has 4 nitrogen and oxygen atoms in total. The van der Waals surface area contributed by atoms with Gasteiger partial charge in [0.2, 0.25) is 0 Å². The minimum atomic E-state index is -0.306. The number of hydrogen-bond donors (Lipinski definition) is 3. The third kappa shape index (κ3) is 3.59. The second-order valence-corrected chi connectivity index (χ2v) is 4.22. The van der Waals surface area contributed by atoms with Gasteiger partial charge >= 0.3 is 6.03 Å². The van der Waals surface area contributed by atoms with Gasteiger partial charge in [-0.25, -0.2) is 4.79 Å². The average Bonchev–Trinajstić information content (AvgIpc) is 2.22. The molecule has 0 aliphatic carbocycles. The highest BCUT2D eigenvalue weighted by Crippen LogP contribution is 2.19. The summed E-state index contributed by atoms with van der Waals surface area (Å²) in [4.78, 5) is 11.6. The maximum Gasteiger partial charge on any atom is 0.331 e. The first-order valence-electron chi connectivity index (χ1n) is 4.78. The summed E-state index contributed by atoms with van der Waals surface area (Å²) in [6, 6.07) is 4.94. The van der Waals surface area contributed by atoms with Crippen LogP contribution in [0.15, 0.2) is 18.2 Å². The molecule has 1 aromatic carbocycles. The molecule has 0 atom stereocenters. The van der Waals surface area contributed by atoms with Crippen LogP contribution in [0.3, 0.4) is 0 Å². The van der Waals surface area contributed by atoms with Gasteiger partial charge in [0.25, 0.3) is 0 Å². The van der Waals surface area contributed by atoms with Gasteiger partial charge in [-0.05, 0) is 30.7 Å². The van der Waals surface area contributed by atoms with Crippen LogP contribution in [-0.4, -0.2) is 23.4 Å². The predicted octanol–water partition coefficient (Wildman–Crippen LogP) is 2.29. The van der Waals surface area contributed by atoms with Gasteiger partial charge in [0.15, 0.2) is 0 Å². The number of carbonyl (C=O) groups excluding carboxylic acids is 1. The first-order valence-corrected chi connectivity index (χ1v) is 5.56. The van der Waals surface area contributed by atoms with Crippen LogP contribution < -0.4 is 11.1 Å². The van der Waals surface area contributed by atoms with Crippen molar-refractivity contribution in [1.29, 1.82) is 0 Å². The van der Waals surface area contributed by atoms with Crippen LogP contribution in [0.25, 0.3) is 0 Å². The number of amides is 2. The second kappa shape index (κ2) is 5.98. The monoisotopic (exact) mass is 259 g/mol. The van der Waals surface area contributed by atoms with Gasteiger partial charge in [0.1, 0.15) is 0 Å². The fraction of sp³-hybridized carbons (Fsp3) is 0.300. The molecule has 0 aliphatic rings. The van der Waals surface area contributed by atoms with Crippen molar-refractivity contribution in [2.75, 3.05) is 18.4 Å². The van der Waals surface area contributed by atoms with Gasteiger partial charge in [-0.15, -0.1) is 0 Å². The molecule has 0 spiro atoms. The standard InChI is InChI=1S/C10H14ClN3OS/c1-7-6-8(11)2-3-9(7)13-10(15)14(16)5-4-12/h2-3,6,16H,4-5,12H2,1H3,(H,13,15). The topological polar surface area (TPSA) is 58.4 Å². The molecular weight excluding hydrogens is 246 g/mol. The number of nitrogens with one attached hydrogen (secondary N) is 1. The van der Waals surface area contributed by atoms with Crippen LogP contribution in [0.4, 0.5) is 10.5 Å². The maximum atomic E-state index is 11.6. The molecule has 0 saturated heterocycles. The van der Waals surface area contributed by atoms with E-state index < -0.39 is 0 Å². The molecule has 88 valence electrons. The van der Waals surface area contributed by atoms with E-state index in [9.17, 15) is 4.79 Å². The summed E-state index contributed by atoms with van der Waals surface area (Å²) >= 11 is 9.82. The number of carbonyl (C=O) groups is 1. The fourth-order valence-electron chi connectivity index (χ4n) is 1.17. The van der Waals surface area contributed by atoms with E-state index in [1.54, 1.807) is 18.2 Å². The number of urea groups is 1. The molecule has 1 aromatic rings. The highest BCUT2D eigenvalue weighted by atomic mass is 35.5. The highest BCUT2D eigenvalue weighted by molar-refractivity contribution is 7.78. The third-order valence-corrected chi connectivity index (χ3v) is 2.62. The molecule has 0 saturated carbocycles. The van der Waals surface area contributed by atoms with Gasteiger partial charge < -0.3 is 11.1 Å². The summed E-state index contributed by atoms with van der Waals surface area (Å²) in [6.45, 7) is 2.63. The molecule has 3 N–H and O–H groups in total. The molecule has 0 heterocycles. The molecule has 0 unspecified atom stereocenters. The summed E-state index contributed by atoms with van der Waals surface area (Å²) in [6.07, 6.45) is 0. The summed E-state index contributed by atoms with van der Waals surface area (Å²) in [5.74, 6) is 0. The number of halogens is 1. The lowest BCUT2D eigenvalue weighted by atomic mass is 10.2. The second-order valence-electron chi connectivity index (χ2n) is 3.30. The Bertz CT molecular complexity index is 386. The highest BCUT2D eigenvalue weighted by Gasteiger charge is 2.09. The van der Waals surface area contributed by atoms with E-state index >= 15 is 0 Å². The van der Waals surface area contributed by atoms with E-state index in [1.807, 2.05) is 6.92 Å². The van der Waals surface area contributed by atoms with Gasteiger partial charge in [0, 0.05) is 23.8 Å². The first-order chi connectivity index (χ1) is 7.54. The van der Waals surface area contributed by atoms with E-state index in [0.717, 1.165) is 5.56 Å². The number of nitrogens with zero attached hydrogens (tertiary/aromatic N) is 1. The van der Waals surface area contributed by atoms with Gasteiger partial charge in [-0.3, -0.25) is 4.31 Å². The number of benzene rings is 1. The van der Waals surface area contributed by atoms with Crippen molar-refractivity contribution in [2.45, 2.75) is 6.92 Å². The van der Waals surface area contributed by atoms with Crippen molar-refractivity contribution < 1.29 is 4.79 Å². The molecule has 0 radical (unpaired) electrons. The normalized spacial score (nSPS) is 10.0. The van der Waals surface area contributed by atoms with Crippen LogP contribution in [0.1, 0.15) is 5.56 Å². The summed E-state index contributed by atoms with van der Waals surface area (Å²) in [5.41, 5.74) is 6.93. The zero-order valence-corrected chi connectivity index (χ0v) is 10.6. The van der Waals surface area contributed by atoms with Crippen LogP contribution in [0.5, 0.6) is 0 Å². The van der Waals surface area contributed by atoms with Crippen LogP contribution in [0.2, 0.25) is 5.02 Å². The molecule has 0 bridgehead atoms. The van der Waals surface area contributed by atoms with Crippen molar-refractivity contribution in [3.05, 3.63) is 28.8 Å². The van der Waals surface area contributed by atoms with Crippen LogP contribution in [-0.2, 0) is 0 Å². The van der Waals surface area contributed by atoms with Crippen LogP contribution in [0, 0.1) is 6.92 Å². The smallest absolute Gasteiger partial charge is 0.329 e. The number of rotatable bonds is 3. The summed E-state index contributed by atoms with van der Waals surface area (Å²) in [5, 5.41) is 3.36. The zero-order chi connectivity index (χ0) is 12.1. The average molecular weight is 260 g/mol. The quantitative estimate of drug-likeness (QED) is 0.730. The number of aryl methyl sites for hydroxylation is 1. The summed E-state index contributed by atoms with van der Waals surface area (Å²) < 4.78 is 1.23. The Morgan fingerprint density at radius 3 is 2.88 bits per heavy atom. The Labute approximate surface area is 105 Å². The maximum absolute atomic E-state index is 11.6. The predicted molar refractivity (Wildman–Crippen MR) is 70.0 cm³/mol.